The van der Waals surface area contributed by atoms with Crippen molar-refractivity contribution >= 4 is 12.4 Å². The number of nitrogens with two attached hydrogens (primary N) is 1. The smallest absolute Gasteiger partial charge is 0.0105 e. The lowest BCUT2D eigenvalue weighted by molar-refractivity contribution is 0.269. The summed E-state index contributed by atoms with van der Waals surface area (Å²) < 4.78 is 0. The van der Waals surface area contributed by atoms with Crippen LogP contribution in [0.15, 0.2) is 30.3 Å². The van der Waals surface area contributed by atoms with Crippen molar-refractivity contribution < 1.29 is 0 Å². The summed E-state index contributed by atoms with van der Waals surface area (Å²) in [5, 5.41) is 0. The maximum Gasteiger partial charge on any atom is 0.0105 e. The van der Waals surface area contributed by atoms with Crippen molar-refractivity contribution in [1.29, 1.82) is 0 Å². The van der Waals surface area contributed by atoms with E-state index in [2.05, 4.69) is 42.2 Å². The van der Waals surface area contributed by atoms with E-state index in [4.69, 9.17) is 5.73 Å². The van der Waals surface area contributed by atoms with Gasteiger partial charge in [-0.15, -0.1) is 12.4 Å². The van der Waals surface area contributed by atoms with Gasteiger partial charge in [0, 0.05) is 26.2 Å². The number of hydrogen-bond acceptors (Lipinski definition) is 2. The summed E-state index contributed by atoms with van der Waals surface area (Å²) >= 11 is 0. The molecule has 0 spiro atoms. The Kier molecular flexibility index (Phi) is 6.69. The summed E-state index contributed by atoms with van der Waals surface area (Å²) in [6.07, 6.45) is 2.55. The molecule has 0 bridgehead atoms. The van der Waals surface area contributed by atoms with Gasteiger partial charge in [0.1, 0.15) is 0 Å². The second kappa shape index (κ2) is 7.78. The Balaban J connectivity index is 0.00000162. The topological polar surface area (TPSA) is 29.3 Å². The number of rotatable bonds is 7. The van der Waals surface area contributed by atoms with Gasteiger partial charge < -0.3 is 10.6 Å². The van der Waals surface area contributed by atoms with E-state index < -0.39 is 0 Å². The highest BCUT2D eigenvalue weighted by molar-refractivity contribution is 5.85. The van der Waals surface area contributed by atoms with E-state index in [1.54, 1.807) is 0 Å². The normalized spacial score (nSPS) is 21.7. The molecule has 0 radical (unpaired) electrons. The van der Waals surface area contributed by atoms with Crippen LogP contribution in [0.1, 0.15) is 18.9 Å². The molecule has 1 fully saturated rings. The Labute approximate surface area is 117 Å². The van der Waals surface area contributed by atoms with Gasteiger partial charge in [-0.2, -0.15) is 0 Å². The minimum Gasteiger partial charge on any atom is -0.329 e. The van der Waals surface area contributed by atoms with Gasteiger partial charge in [0.25, 0.3) is 0 Å². The third-order valence-corrected chi connectivity index (χ3v) is 3.77. The first-order valence-corrected chi connectivity index (χ1v) is 6.76. The van der Waals surface area contributed by atoms with Gasteiger partial charge in [-0.05, 0) is 30.2 Å². The van der Waals surface area contributed by atoms with Gasteiger partial charge in [-0.1, -0.05) is 37.3 Å². The predicted molar refractivity (Wildman–Crippen MR) is 80.2 cm³/mol. The number of benzene rings is 1. The Bertz CT molecular complexity index is 329. The molecular formula is C15H25ClN2. The van der Waals surface area contributed by atoms with E-state index >= 15 is 0 Å². The third kappa shape index (κ3) is 4.97. The molecule has 2 nitrogen and oxygen atoms in total. The molecular weight excluding hydrogens is 244 g/mol. The van der Waals surface area contributed by atoms with Crippen LogP contribution >= 0.6 is 12.4 Å². The second-order valence-electron chi connectivity index (χ2n) is 5.30. The van der Waals surface area contributed by atoms with Crippen molar-refractivity contribution in [3.8, 4) is 0 Å². The standard InChI is InChI=1S/C15H24N2.ClH/c1-13-11-15(13)12-17(10-8-16)9-7-14-5-3-2-4-6-14;/h2-6,13,15H,7-12,16H2,1H3;1H. The number of hydrogen-bond donors (Lipinski definition) is 1. The van der Waals surface area contributed by atoms with E-state index in [0.717, 1.165) is 37.9 Å². The molecule has 0 heterocycles. The first kappa shape index (κ1) is 15.5. The molecule has 0 aromatic heterocycles. The van der Waals surface area contributed by atoms with Crippen LogP contribution in [0.2, 0.25) is 0 Å². The average Bonchev–Trinajstić information content (AvgIpc) is 3.04. The number of nitrogens with zero attached hydrogens (tertiary/aromatic N) is 1. The lowest BCUT2D eigenvalue weighted by atomic mass is 10.1. The maximum absolute atomic E-state index is 5.69. The van der Waals surface area contributed by atoms with Crippen LogP contribution in [-0.4, -0.2) is 31.1 Å². The fourth-order valence-corrected chi connectivity index (χ4v) is 2.39. The van der Waals surface area contributed by atoms with Crippen LogP contribution in [0.5, 0.6) is 0 Å². The molecule has 0 saturated heterocycles. The fourth-order valence-electron chi connectivity index (χ4n) is 2.39. The highest BCUT2D eigenvalue weighted by Crippen LogP contribution is 2.38. The van der Waals surface area contributed by atoms with Crippen LogP contribution in [0.4, 0.5) is 0 Å². The molecule has 2 atom stereocenters. The van der Waals surface area contributed by atoms with E-state index in [1.165, 1.54) is 18.5 Å². The zero-order chi connectivity index (χ0) is 12.1. The summed E-state index contributed by atoms with van der Waals surface area (Å²) in [6, 6.07) is 10.7. The number of halogens is 1. The fraction of sp³-hybridized carbons (Fsp3) is 0.600. The molecule has 2 N–H and O–H groups in total. The minimum atomic E-state index is 0. The predicted octanol–water partition coefficient (Wildman–Crippen LogP) is 2.57. The molecule has 18 heavy (non-hydrogen) atoms. The Morgan fingerprint density at radius 2 is 1.89 bits per heavy atom. The Morgan fingerprint density at radius 1 is 1.22 bits per heavy atom. The summed E-state index contributed by atoms with van der Waals surface area (Å²) in [4.78, 5) is 2.53. The molecule has 1 aromatic carbocycles. The van der Waals surface area contributed by atoms with Crippen LogP contribution in [-0.2, 0) is 6.42 Å². The van der Waals surface area contributed by atoms with E-state index in [-0.39, 0.29) is 12.4 Å². The van der Waals surface area contributed by atoms with Crippen molar-refractivity contribution in [2.24, 2.45) is 17.6 Å². The first-order chi connectivity index (χ1) is 8.29. The van der Waals surface area contributed by atoms with Gasteiger partial charge >= 0.3 is 0 Å². The highest BCUT2D eigenvalue weighted by Gasteiger charge is 2.33. The Morgan fingerprint density at radius 3 is 2.44 bits per heavy atom. The molecule has 1 aromatic rings. The summed E-state index contributed by atoms with van der Waals surface area (Å²) in [7, 11) is 0. The zero-order valence-electron chi connectivity index (χ0n) is 11.2. The van der Waals surface area contributed by atoms with E-state index in [0.29, 0.717) is 0 Å². The van der Waals surface area contributed by atoms with Crippen molar-refractivity contribution in [3.05, 3.63) is 35.9 Å². The zero-order valence-corrected chi connectivity index (χ0v) is 12.0. The van der Waals surface area contributed by atoms with Crippen LogP contribution < -0.4 is 5.73 Å². The van der Waals surface area contributed by atoms with Crippen molar-refractivity contribution in [1.82, 2.24) is 4.90 Å². The third-order valence-electron chi connectivity index (χ3n) is 3.77. The molecule has 3 heteroatoms. The SMILES string of the molecule is CC1CC1CN(CCN)CCc1ccccc1.Cl. The average molecular weight is 269 g/mol. The van der Waals surface area contributed by atoms with Gasteiger partial charge in [0.2, 0.25) is 0 Å². The summed E-state index contributed by atoms with van der Waals surface area (Å²) in [6.45, 7) is 6.55. The van der Waals surface area contributed by atoms with Crippen molar-refractivity contribution in [2.75, 3.05) is 26.2 Å². The first-order valence-electron chi connectivity index (χ1n) is 6.76. The highest BCUT2D eigenvalue weighted by atomic mass is 35.5. The van der Waals surface area contributed by atoms with Crippen molar-refractivity contribution in [2.45, 2.75) is 19.8 Å². The molecule has 1 saturated carbocycles. The van der Waals surface area contributed by atoms with Gasteiger partial charge in [-0.25, -0.2) is 0 Å². The van der Waals surface area contributed by atoms with E-state index in [9.17, 15) is 0 Å². The summed E-state index contributed by atoms with van der Waals surface area (Å²) in [5.41, 5.74) is 7.12. The summed E-state index contributed by atoms with van der Waals surface area (Å²) in [5.74, 6) is 1.87. The van der Waals surface area contributed by atoms with Gasteiger partial charge in [-0.3, -0.25) is 0 Å². The van der Waals surface area contributed by atoms with Gasteiger partial charge in [0.05, 0.1) is 0 Å². The van der Waals surface area contributed by atoms with Gasteiger partial charge in [0.15, 0.2) is 0 Å². The largest absolute Gasteiger partial charge is 0.329 e. The second-order valence-corrected chi connectivity index (χ2v) is 5.30. The lowest BCUT2D eigenvalue weighted by Gasteiger charge is -2.21. The molecule has 0 aliphatic heterocycles. The van der Waals surface area contributed by atoms with Crippen LogP contribution in [0.25, 0.3) is 0 Å². The van der Waals surface area contributed by atoms with Crippen molar-refractivity contribution in [3.63, 3.8) is 0 Å². The Hall–Kier alpha value is -0.570. The molecule has 0 amide bonds. The molecule has 2 unspecified atom stereocenters. The molecule has 2 rings (SSSR count). The molecule has 1 aliphatic rings. The quantitative estimate of drug-likeness (QED) is 0.824. The molecule has 1 aliphatic carbocycles. The lowest BCUT2D eigenvalue weighted by Crippen LogP contribution is -2.33. The van der Waals surface area contributed by atoms with Crippen LogP contribution in [0.3, 0.4) is 0 Å². The monoisotopic (exact) mass is 268 g/mol. The minimum absolute atomic E-state index is 0. The molecule has 102 valence electrons. The van der Waals surface area contributed by atoms with Crippen LogP contribution in [0, 0.1) is 11.8 Å². The van der Waals surface area contributed by atoms with E-state index in [1.807, 2.05) is 0 Å². The maximum atomic E-state index is 5.69.